The maximum Gasteiger partial charge on any atom is 0.336 e. The number of aromatic nitrogens is 4. The number of carbonyl (C=O) groups excluding carboxylic acids is 1. The Morgan fingerprint density at radius 1 is 0.523 bits per heavy atom. The molecular weight excluding hydrogens is 1570 g/mol. The van der Waals surface area contributed by atoms with E-state index in [0.29, 0.717) is 22.7 Å². The van der Waals surface area contributed by atoms with Gasteiger partial charge in [0.1, 0.15) is 5.58 Å². The molecule has 15 heterocycles. The summed E-state index contributed by atoms with van der Waals surface area (Å²) < 4.78 is 43.1. The van der Waals surface area contributed by atoms with Crippen molar-refractivity contribution in [2.45, 2.75) is 107 Å². The fourth-order valence-corrected chi connectivity index (χ4v) is 18.7. The van der Waals surface area contributed by atoms with Gasteiger partial charge in [-0.25, -0.2) is 32.3 Å². The van der Waals surface area contributed by atoms with E-state index in [0.717, 1.165) is 75.5 Å². The van der Waals surface area contributed by atoms with Gasteiger partial charge >= 0.3 is 23.0 Å². The molecule has 33 heteroatoms. The number of hydrogen-bond acceptors (Lipinski definition) is 25. The van der Waals surface area contributed by atoms with Crippen molar-refractivity contribution in [3.8, 4) is 0 Å². The number of nitrogens with zero attached hydrogens (tertiary/aromatic N) is 1. The molecule has 0 spiro atoms. The molecule has 0 radical (unpaired) electrons. The third-order valence-electron chi connectivity index (χ3n) is 16.3. The summed E-state index contributed by atoms with van der Waals surface area (Å²) in [4.78, 5) is 75.3. The number of ether oxygens (including phenoxy) is 2. The Morgan fingerprint density at radius 2 is 1.11 bits per heavy atom. The van der Waals surface area contributed by atoms with Crippen LogP contribution in [0.25, 0.3) is 11.0 Å². The van der Waals surface area contributed by atoms with Gasteiger partial charge < -0.3 is 50.9 Å². The summed E-state index contributed by atoms with van der Waals surface area (Å²) >= 11 is 14.1. The number of hydrazine groups is 1. The Balaban J connectivity index is 0.000000187. The summed E-state index contributed by atoms with van der Waals surface area (Å²) in [5, 5.41) is 13.3. The van der Waals surface area contributed by atoms with Gasteiger partial charge in [0.05, 0.1) is 42.9 Å². The number of aromatic amines is 4. The summed E-state index contributed by atoms with van der Waals surface area (Å²) in [5.74, 6) is 14.7. The number of rotatable bonds is 0. The molecule has 7 fully saturated rings. The first-order chi connectivity index (χ1) is 53.7. The number of benzene rings is 5. The van der Waals surface area contributed by atoms with Crippen molar-refractivity contribution in [3.63, 3.8) is 0 Å². The maximum atomic E-state index is 11.1. The molecule has 2 unspecified atom stereocenters. The van der Waals surface area contributed by atoms with Gasteiger partial charge in [0.2, 0.25) is 10.0 Å². The van der Waals surface area contributed by atoms with Crippen LogP contribution in [0.5, 0.6) is 0 Å². The van der Waals surface area contributed by atoms with Crippen molar-refractivity contribution in [2.75, 3.05) is 116 Å². The number of H-pyrrole nitrogens is 4. The van der Waals surface area contributed by atoms with Crippen LogP contribution >= 0.6 is 82.5 Å². The van der Waals surface area contributed by atoms with Gasteiger partial charge in [-0.05, 0) is 126 Å². The van der Waals surface area contributed by atoms with E-state index in [1.807, 2.05) is 76.0 Å². The molecule has 14 N–H and O–H groups in total. The molecule has 8 aromatic rings. The first-order valence-electron chi connectivity index (χ1n) is 36.7. The van der Waals surface area contributed by atoms with Gasteiger partial charge in [-0.1, -0.05) is 111 Å². The van der Waals surface area contributed by atoms with Gasteiger partial charge in [0.25, 0.3) is 11.1 Å². The van der Waals surface area contributed by atoms with E-state index in [1.165, 1.54) is 185 Å². The van der Waals surface area contributed by atoms with E-state index in [2.05, 4.69) is 164 Å². The number of para-hydroxylation sites is 1. The SMILES string of the molecule is C.C1CCNNC1.C1CCSC1.C1CN2CCC2S1.C1CSCCN1.C1CSCCO1.C1CSCCS1.Cc1cc(=O)[nH]c(=O)[nH]1.NC1C=CNC(=O)N1.O=S1(=O)NCc2ccccc21.O=c1cc[nH]c(=O)[nH]1.O=c1ccc2ccccc2o1.c1ccc2c(c1)CNC2.c1ccc2c(c1)CNS2.c1ccc2c(c1)COC2. The highest BCUT2D eigenvalue weighted by molar-refractivity contribution is 8.06. The van der Waals surface area contributed by atoms with Gasteiger partial charge in [0, 0.05) is 164 Å². The first kappa shape index (κ1) is 93.5. The third-order valence-corrected chi connectivity index (χ3v) is 25.6. The summed E-state index contributed by atoms with van der Waals surface area (Å²) in [6, 6.07) is 45.2. The normalized spacial score (nSPS) is 18.9. The van der Waals surface area contributed by atoms with Crippen LogP contribution in [0.1, 0.15) is 78.6 Å². The van der Waals surface area contributed by atoms with E-state index in [-0.39, 0.29) is 36.4 Å². The average molecular weight is 1680 g/mol. The zero-order chi connectivity index (χ0) is 77.9. The minimum atomic E-state index is -3.16. The molecule has 2 atom stereocenters. The number of hydrogen-bond donors (Lipinski definition) is 13. The molecule has 12 aliphatic heterocycles. The number of nitrogens with two attached hydrogens (primary N) is 1. The highest BCUT2D eigenvalue weighted by Crippen LogP contribution is 2.33. The predicted molar refractivity (Wildman–Crippen MR) is 467 cm³/mol. The number of thioether (sulfide) groups is 6. The highest BCUT2D eigenvalue weighted by atomic mass is 32.2. The number of urea groups is 1. The molecule has 20 rings (SSSR count). The van der Waals surface area contributed by atoms with Gasteiger partial charge in [-0.15, -0.1) is 11.8 Å². The van der Waals surface area contributed by atoms with Crippen molar-refractivity contribution in [3.05, 3.63) is 255 Å². The molecular formula is C78H110N14O11S8. The van der Waals surface area contributed by atoms with Gasteiger partial charge in [0.15, 0.2) is 0 Å². The highest BCUT2D eigenvalue weighted by Gasteiger charge is 2.32. The molecule has 0 saturated carbocycles. The number of aryl methyl sites for hydroxylation is 1. The Bertz CT molecular complexity index is 4010. The molecule has 12 aliphatic rings. The van der Waals surface area contributed by atoms with E-state index < -0.39 is 21.4 Å². The third kappa shape index (κ3) is 40.0. The van der Waals surface area contributed by atoms with E-state index in [1.54, 1.807) is 49.2 Å². The second kappa shape index (κ2) is 56.8. The smallest absolute Gasteiger partial charge is 0.336 e. The minimum Gasteiger partial charge on any atom is -0.423 e. The van der Waals surface area contributed by atoms with E-state index in [4.69, 9.17) is 19.6 Å². The summed E-state index contributed by atoms with van der Waals surface area (Å²) in [7, 11) is -3.16. The second-order valence-electron chi connectivity index (χ2n) is 24.8. The first-order valence-corrected chi connectivity index (χ1v) is 45.8. The number of fused-ring (bicyclic) bond motifs is 6. The van der Waals surface area contributed by atoms with Crippen LogP contribution in [-0.4, -0.2) is 167 Å². The molecule has 25 nitrogen and oxygen atoms in total. The average Bonchev–Trinajstić information content (AvgIpc) is 1.67. The predicted octanol–water partition coefficient (Wildman–Crippen LogP) is 9.94. The van der Waals surface area contributed by atoms with Crippen molar-refractivity contribution in [1.29, 1.82) is 0 Å². The van der Waals surface area contributed by atoms with Gasteiger partial charge in [-0.3, -0.25) is 40.0 Å². The van der Waals surface area contributed by atoms with Crippen LogP contribution in [0.15, 0.2) is 202 Å². The Kier molecular flexibility index (Phi) is 47.9. The number of nitrogens with one attached hydrogen (secondary N) is 12. The summed E-state index contributed by atoms with van der Waals surface area (Å²) in [5.41, 5.74) is 18.4. The van der Waals surface area contributed by atoms with Crippen LogP contribution in [-0.2, 0) is 58.9 Å². The van der Waals surface area contributed by atoms with Crippen LogP contribution in [0.2, 0.25) is 0 Å². The summed E-state index contributed by atoms with van der Waals surface area (Å²) in [6.07, 6.45) is 11.2. The lowest BCUT2D eigenvalue weighted by molar-refractivity contribution is 0.134. The van der Waals surface area contributed by atoms with Crippen LogP contribution in [0.3, 0.4) is 0 Å². The fourth-order valence-electron chi connectivity index (χ4n) is 10.6. The maximum absolute atomic E-state index is 11.1. The molecule has 606 valence electrons. The van der Waals surface area contributed by atoms with Crippen LogP contribution < -0.4 is 75.4 Å². The molecule has 0 aliphatic carbocycles. The Labute approximate surface area is 681 Å². The molecule has 5 aromatic carbocycles. The standard InChI is InChI=1S/C9H6O2.C8H9N.C8H8O.C7H7NO2S.C7H7NS.C5H6N2O2.C5H9NS.C4H7N3O.C4H4N2O2.C4H10N2.C4H9NS.C4H8OS.C4H8S2.C4H8S.CH4/c10-9-6-5-7-3-1-2-4-8(7)11-9;2*1-2-4-8-6-9-5-7(8)3-1;9-11(10)7-4-2-1-3-6(7)5-8-11;1-2-4-7-6(3-1)5-8-9-7;1-3-2-4(8)7-5(9)6-3;1-2-6-3-4-7-5(1)6;5-3-1-2-6-4(8)7-3;7-3-1-2-5-4(8)6-3;1-2-4-6-5-3-1;2*1-3-6-4-2-5-1;1-2-6-4-3-5-1;1-2-4-5-3-1;/h1-6H;1-4,9H,5-6H2;1-4H,5-6H2;1-4,8H,5H2;1-4,8H,5H2;2H,1H3,(H2,6,7,8,9);5H,1-4H2;1-3H,5H2,(H2,6,7,8);1-2H,(H2,5,6,7,8);5-6H,1-4H2;5H,1-4H2;2*1-4H2;1-4H2;1H4. The fraction of sp³-hybridized carbons (Fsp3) is 0.436. The quantitative estimate of drug-likeness (QED) is 0.0496. The van der Waals surface area contributed by atoms with E-state index >= 15 is 0 Å². The summed E-state index contributed by atoms with van der Waals surface area (Å²) in [6.45, 7) is 16.2. The Hall–Kier alpha value is -6.32. The Morgan fingerprint density at radius 3 is 1.56 bits per heavy atom. The molecule has 111 heavy (non-hydrogen) atoms. The largest absolute Gasteiger partial charge is 0.423 e. The van der Waals surface area contributed by atoms with Gasteiger partial charge in [-0.2, -0.15) is 58.8 Å². The second-order valence-corrected chi connectivity index (χ2v) is 34.9. The monoisotopic (exact) mass is 1670 g/mol. The lowest BCUT2D eigenvalue weighted by Gasteiger charge is -2.33. The topological polar surface area (TPSA) is 357 Å². The minimum absolute atomic E-state index is 0. The number of sulfonamides is 1. The van der Waals surface area contributed by atoms with Crippen molar-refractivity contribution < 1.29 is 27.1 Å². The lowest BCUT2D eigenvalue weighted by atomic mass is 10.1. The van der Waals surface area contributed by atoms with Crippen LogP contribution in [0, 0.1) is 6.92 Å². The van der Waals surface area contributed by atoms with E-state index in [9.17, 15) is 37.2 Å². The molecule has 0 bridgehead atoms. The molecule has 2 amide bonds. The zero-order valence-corrected chi connectivity index (χ0v) is 68.8. The molecule has 3 aromatic heterocycles. The van der Waals surface area contributed by atoms with Crippen LogP contribution in [0.4, 0.5) is 4.79 Å². The number of amides is 2. The zero-order valence-electron chi connectivity index (χ0n) is 62.2. The van der Waals surface area contributed by atoms with Crippen molar-refractivity contribution in [1.82, 2.24) is 66.4 Å². The molecule has 7 saturated heterocycles. The lowest BCUT2D eigenvalue weighted by Crippen LogP contribution is -2.47. The van der Waals surface area contributed by atoms with Crippen molar-refractivity contribution >= 4 is 110 Å². The number of carbonyl (C=O) groups is 1. The van der Waals surface area contributed by atoms with Crippen molar-refractivity contribution in [2.24, 2.45) is 5.73 Å².